The third-order valence-corrected chi connectivity index (χ3v) is 24.9. The maximum atomic E-state index is 13.7. The van der Waals surface area contributed by atoms with Crippen molar-refractivity contribution in [3.63, 3.8) is 0 Å². The molecule has 10 aromatic rings. The maximum Gasteiger partial charge on any atom is 0.415 e. The van der Waals surface area contributed by atoms with Crippen LogP contribution in [0.3, 0.4) is 0 Å². The minimum absolute atomic E-state index is 0.0164. The van der Waals surface area contributed by atoms with E-state index >= 15 is 0 Å². The lowest BCUT2D eigenvalue weighted by atomic mass is 10.0. The number of hydrazine groups is 1. The molecule has 0 saturated heterocycles. The second-order valence-electron chi connectivity index (χ2n) is 33.6. The standard InChI is InChI=1S/C33H49N7O5S.C27H33N5O3.C21H26ClN3O7S.C16H27Cl2N5O2/c1-7-9-11-13-15-19-23-39(24-20-16-14-12-10-8-2)33(42)45-32-28(34-3)27(31(41)38(4)5)30-35-29(36-40(30)32)25-21-17-18-22-26(25)37-46(6,43)44;1-6-22-24(26-29-25(17(2)3)31-32(26)30-22)35-21-11-9-20(10-12-21)27(33)28-14-7-15-34-23-13-8-18(4)16-19(23)5;1-13-4-5-18(15(10-13)20(23)27)33(29,30)24-14-11-16(19(26)17(22)12-14)21(28)25(6-8-31-2)7-9-32-3;1-3-5-7-12(4-2)10-25-9-6-8-19-16(24)23-22-15-13(17)14(18)20-11-21-15/h17-18,21-22,37H,7-16,19-20,23-24H2,1-2,4-6H3,(H,35,36);8-13,16-17,30H,6-7,14-15H2,1-5H3,(H,28,33);4-5,10-12,24,26H,6-9H2,1-3H3,(H2,23,27);11-12H,3-10H2,1-2H3,(H2,19,23,24)(H,20,21,22). The second-order valence-corrected chi connectivity index (χ2v) is 38.2. The van der Waals surface area contributed by atoms with Crippen LogP contribution in [0.5, 0.6) is 28.9 Å². The van der Waals surface area contributed by atoms with Crippen LogP contribution in [-0.2, 0) is 40.7 Å². The number of nitrogens with one attached hydrogen (secondary N) is 8. The molecule has 42 heteroatoms. The van der Waals surface area contributed by atoms with Crippen LogP contribution in [0.2, 0.25) is 15.2 Å². The highest BCUT2D eigenvalue weighted by atomic mass is 35.5. The third kappa shape index (κ3) is 35.7. The molecule has 0 aliphatic rings. The number of ether oxygens (including phenoxy) is 6. The zero-order valence-electron chi connectivity index (χ0n) is 82.1. The Morgan fingerprint density at radius 2 is 1.31 bits per heavy atom. The van der Waals surface area contributed by atoms with Gasteiger partial charge in [-0.25, -0.2) is 55.7 Å². The van der Waals surface area contributed by atoms with Crippen molar-refractivity contribution in [3.05, 3.63) is 180 Å². The second kappa shape index (κ2) is 58.1. The van der Waals surface area contributed by atoms with E-state index in [4.69, 9.17) is 75.5 Å². The van der Waals surface area contributed by atoms with E-state index in [1.54, 1.807) is 79.1 Å². The van der Waals surface area contributed by atoms with Crippen LogP contribution in [0, 0.1) is 33.3 Å². The first-order chi connectivity index (χ1) is 66.5. The van der Waals surface area contributed by atoms with E-state index in [1.807, 2.05) is 26.0 Å². The summed E-state index contributed by atoms with van der Waals surface area (Å²) in [5.74, 6) is 1.48. The molecule has 11 N–H and O–H groups in total. The number of aryl methyl sites for hydroxylation is 4. The predicted molar refractivity (Wildman–Crippen MR) is 542 cm³/mol. The number of carbonyl (C=O) groups is 6. The van der Waals surface area contributed by atoms with Crippen molar-refractivity contribution in [2.24, 2.45) is 11.7 Å². The van der Waals surface area contributed by atoms with Gasteiger partial charge in [-0.1, -0.05) is 208 Å². The number of para-hydroxylation sites is 1. The topological polar surface area (TPSA) is 463 Å². The summed E-state index contributed by atoms with van der Waals surface area (Å²) < 4.78 is 91.4. The van der Waals surface area contributed by atoms with Crippen molar-refractivity contribution in [3.8, 4) is 40.3 Å². The Kier molecular flexibility index (Phi) is 47.7. The van der Waals surface area contributed by atoms with E-state index in [0.717, 1.165) is 112 Å². The number of halogens is 3. The highest BCUT2D eigenvalue weighted by molar-refractivity contribution is 7.93. The first-order valence-corrected chi connectivity index (χ1v) is 51.3. The summed E-state index contributed by atoms with van der Waals surface area (Å²) >= 11 is 17.7. The number of phenolic OH excluding ortho intramolecular Hbond substituents is 1. The van der Waals surface area contributed by atoms with Crippen LogP contribution in [-0.4, -0.2) is 224 Å². The van der Waals surface area contributed by atoms with Crippen LogP contribution in [0.15, 0.2) is 108 Å². The van der Waals surface area contributed by atoms with Crippen LogP contribution < -0.4 is 50.9 Å². The first kappa shape index (κ1) is 114. The fraction of sp³-hybridized carbons (Fsp3) is 0.485. The molecule has 0 spiro atoms. The minimum atomic E-state index is -4.28. The van der Waals surface area contributed by atoms with Gasteiger partial charge in [-0.05, 0) is 138 Å². The number of aromatic amines is 2. The number of anilines is 3. The largest absolute Gasteiger partial charge is 0.506 e. The van der Waals surface area contributed by atoms with Crippen molar-refractivity contribution < 1.29 is 79.1 Å². The molecule has 0 bridgehead atoms. The summed E-state index contributed by atoms with van der Waals surface area (Å²) in [5, 5.41) is 26.8. The number of aromatic hydroxyl groups is 1. The Balaban J connectivity index is 0.000000258. The van der Waals surface area contributed by atoms with Crippen LogP contribution >= 0.6 is 34.8 Å². The molecule has 5 aromatic carbocycles. The maximum absolute atomic E-state index is 13.7. The van der Waals surface area contributed by atoms with E-state index < -0.39 is 49.6 Å². The molecule has 0 radical (unpaired) electrons. The smallest absolute Gasteiger partial charge is 0.415 e. The van der Waals surface area contributed by atoms with Crippen LogP contribution in [0.1, 0.15) is 240 Å². The van der Waals surface area contributed by atoms with Gasteiger partial charge in [0, 0.05) is 97.8 Å². The molecule has 1 atom stereocenters. The van der Waals surface area contributed by atoms with Crippen LogP contribution in [0.25, 0.3) is 27.5 Å². The third-order valence-electron chi connectivity index (χ3n) is 21.8. The van der Waals surface area contributed by atoms with Gasteiger partial charge in [0.05, 0.1) is 71.4 Å². The molecule has 7 amide bonds. The van der Waals surface area contributed by atoms with E-state index in [2.05, 4.69) is 126 Å². The summed E-state index contributed by atoms with van der Waals surface area (Å²) in [7, 11) is -1.80. The molecule has 5 aromatic heterocycles. The molecule has 139 heavy (non-hydrogen) atoms. The van der Waals surface area contributed by atoms with Gasteiger partial charge in [0.25, 0.3) is 27.5 Å². The Bertz CT molecular complexity index is 5920. The molecule has 0 aliphatic heterocycles. The molecule has 0 saturated carbocycles. The Morgan fingerprint density at radius 3 is 1.92 bits per heavy atom. The highest BCUT2D eigenvalue weighted by Crippen LogP contribution is 2.41. The van der Waals surface area contributed by atoms with Gasteiger partial charge in [-0.2, -0.15) is 0 Å². The lowest BCUT2D eigenvalue weighted by Crippen LogP contribution is -2.40. The molecule has 1 unspecified atom stereocenters. The number of sulfonamides is 2. The van der Waals surface area contributed by atoms with Crippen molar-refractivity contribution in [2.45, 2.75) is 202 Å². The lowest BCUT2D eigenvalue weighted by molar-refractivity contribution is 0.0624. The normalized spacial score (nSPS) is 11.4. The fourth-order valence-electron chi connectivity index (χ4n) is 14.2. The number of primary amides is 1. The summed E-state index contributed by atoms with van der Waals surface area (Å²) in [6.07, 6.45) is 21.7. The van der Waals surface area contributed by atoms with Gasteiger partial charge in [-0.15, -0.1) is 9.73 Å². The molecular weight excluding hydrogens is 1890 g/mol. The Hall–Kier alpha value is -12.0. The van der Waals surface area contributed by atoms with Crippen molar-refractivity contribution in [1.82, 2.24) is 75.1 Å². The van der Waals surface area contributed by atoms with Gasteiger partial charge < -0.3 is 64.6 Å². The average Bonchev–Trinajstić information content (AvgIpc) is 1.58. The van der Waals surface area contributed by atoms with Gasteiger partial charge in [0.2, 0.25) is 33.4 Å². The van der Waals surface area contributed by atoms with Crippen molar-refractivity contribution in [2.75, 3.05) is 122 Å². The zero-order valence-corrected chi connectivity index (χ0v) is 86.0. The average molecular weight is 2020 g/mol. The first-order valence-electron chi connectivity index (χ1n) is 46.7. The molecule has 37 nitrogen and oxygen atoms in total. The molecule has 5 heterocycles. The van der Waals surface area contributed by atoms with E-state index in [0.29, 0.717) is 79.1 Å². The number of nitrogens with zero attached hydrogens (tertiary/aromatic N) is 11. The molecule has 758 valence electrons. The number of rotatable bonds is 52. The summed E-state index contributed by atoms with van der Waals surface area (Å²) in [6.45, 7) is 33.6. The zero-order chi connectivity index (χ0) is 102. The summed E-state index contributed by atoms with van der Waals surface area (Å²) in [5.41, 5.74) is 15.6. The number of carbonyl (C=O) groups excluding carboxylic acids is 6. The number of hydrogen-bond donors (Lipinski definition) is 10. The number of benzene rings is 5. The summed E-state index contributed by atoms with van der Waals surface area (Å²) in [4.78, 5) is 101. The fourth-order valence-corrected chi connectivity index (χ4v) is 16.5. The molecule has 0 fully saturated rings. The van der Waals surface area contributed by atoms with E-state index in [1.165, 1.54) is 116 Å². The SMILES string of the molecule is CCCCC(CC)COCCCNC(=O)NNc1ncnc(Cl)c1Cl.CCc1[nH]n2nc(C(C)C)nc2c1Oc1ccc(C(=O)NCCCOc2ccc(C)cc2C)cc1.COCCN(CCOC)C(=O)c1cc(NS(=O)(=O)c2ccc(C)cc2C(N)=O)cc(Cl)c1O.[C-]#[N+]c1c(C(=O)N(C)C)c2nc(-c3ccccc3NS(C)(=O)=O)[nH]n2c1OC(=O)N(CCCCCCCC)CCCCCCCC. The molecular formula is C97H135Cl3N20O17S2. The number of nitrogens with two attached hydrogens (primary N) is 1. The van der Waals surface area contributed by atoms with Gasteiger partial charge in [0.15, 0.2) is 34.0 Å². The number of hydrogen-bond acceptors (Lipinski definition) is 23. The highest BCUT2D eigenvalue weighted by Gasteiger charge is 2.33. The number of urea groups is 1. The van der Waals surface area contributed by atoms with Gasteiger partial charge >= 0.3 is 12.1 Å². The number of amides is 7. The van der Waals surface area contributed by atoms with Crippen molar-refractivity contribution in [1.29, 1.82) is 0 Å². The monoisotopic (exact) mass is 2020 g/mol. The van der Waals surface area contributed by atoms with Crippen LogP contribution in [0.4, 0.5) is 32.5 Å². The number of aromatic nitrogens is 9. The predicted octanol–water partition coefficient (Wildman–Crippen LogP) is 18.8. The Labute approximate surface area is 830 Å². The summed E-state index contributed by atoms with van der Waals surface area (Å²) in [6, 6.07) is 25.9. The van der Waals surface area contributed by atoms with Gasteiger partial charge in [-0.3, -0.25) is 49.7 Å². The number of H-pyrrole nitrogens is 2. The van der Waals surface area contributed by atoms with Crippen molar-refractivity contribution >= 4 is 125 Å². The molecule has 0 aliphatic carbocycles. The molecule has 10 rings (SSSR count). The number of fused-ring (bicyclic) bond motifs is 2. The number of unbranched alkanes of at least 4 members (excludes halogenated alkanes) is 11. The lowest BCUT2D eigenvalue weighted by Gasteiger charge is -2.23. The minimum Gasteiger partial charge on any atom is -0.506 e. The number of methoxy groups -OCH3 is 2. The quantitative estimate of drug-likeness (QED) is 0.00556. The van der Waals surface area contributed by atoms with E-state index in [9.17, 15) is 50.7 Å². The number of phenols is 1. The van der Waals surface area contributed by atoms with E-state index in [-0.39, 0.29) is 121 Å². The Morgan fingerprint density at radius 1 is 0.676 bits per heavy atom. The van der Waals surface area contributed by atoms with Gasteiger partial charge in [0.1, 0.15) is 33.5 Å².